The number of aryl methyl sites for hydroxylation is 5. The Morgan fingerprint density at radius 1 is 1.11 bits per heavy atom. The molecule has 0 bridgehead atoms. The number of hydrogen-bond acceptors (Lipinski definition) is 6. The molecule has 2 aromatic carbocycles. The number of fused-ring (bicyclic) bond motifs is 1. The van der Waals surface area contributed by atoms with Gasteiger partial charge in [0.05, 0.1) is 23.9 Å². The summed E-state index contributed by atoms with van der Waals surface area (Å²) in [6.45, 7) is 10.2. The molecule has 0 atom stereocenters. The zero-order valence-electron chi connectivity index (χ0n) is 21.5. The number of methoxy groups -OCH3 is 1. The summed E-state index contributed by atoms with van der Waals surface area (Å²) in [4.78, 5) is 33.5. The maximum atomic E-state index is 13.8. The molecule has 2 aromatic heterocycles. The zero-order chi connectivity index (χ0) is 26.0. The molecule has 1 amide bonds. The van der Waals surface area contributed by atoms with Crippen molar-refractivity contribution in [1.29, 1.82) is 0 Å². The number of nitrogens with one attached hydrogen (secondary N) is 1. The Bertz CT molecular complexity index is 1460. The van der Waals surface area contributed by atoms with E-state index in [-0.39, 0.29) is 17.2 Å². The molecule has 36 heavy (non-hydrogen) atoms. The van der Waals surface area contributed by atoms with Crippen LogP contribution >= 0.6 is 23.1 Å². The molecule has 0 radical (unpaired) electrons. The van der Waals surface area contributed by atoms with Crippen LogP contribution in [0.2, 0.25) is 0 Å². The topological polar surface area (TPSA) is 73.2 Å². The van der Waals surface area contributed by atoms with Gasteiger partial charge in [-0.2, -0.15) is 0 Å². The summed E-state index contributed by atoms with van der Waals surface area (Å²) in [5, 5.41) is 4.19. The summed E-state index contributed by atoms with van der Waals surface area (Å²) >= 11 is 2.84. The van der Waals surface area contributed by atoms with Gasteiger partial charge < -0.3 is 10.1 Å². The summed E-state index contributed by atoms with van der Waals surface area (Å²) in [5.74, 6) is 0.697. The highest BCUT2D eigenvalue weighted by Crippen LogP contribution is 2.31. The Morgan fingerprint density at radius 2 is 1.78 bits per heavy atom. The van der Waals surface area contributed by atoms with Crippen LogP contribution in [-0.2, 0) is 11.2 Å². The standard InChI is InChI=1S/C28H31N3O3S2/c1-7-8-22-19(5)24-26(36-22)30-28(31(27(24)33)20-9-11-21(34-6)12-10-20)35-15-23(32)29-25-17(3)13-16(2)14-18(25)4/h9-14H,7-8,15H2,1-6H3,(H,29,32). The second-order valence-corrected chi connectivity index (χ2v) is 11.0. The lowest BCUT2D eigenvalue weighted by Crippen LogP contribution is -2.23. The number of amides is 1. The van der Waals surface area contributed by atoms with Gasteiger partial charge in [-0.15, -0.1) is 11.3 Å². The number of rotatable bonds is 8. The largest absolute Gasteiger partial charge is 0.497 e. The van der Waals surface area contributed by atoms with Gasteiger partial charge in [0.2, 0.25) is 5.91 Å². The molecule has 0 unspecified atom stereocenters. The van der Waals surface area contributed by atoms with Crippen molar-refractivity contribution in [3.05, 3.63) is 73.9 Å². The van der Waals surface area contributed by atoms with Crippen LogP contribution in [0.1, 0.15) is 40.5 Å². The van der Waals surface area contributed by atoms with E-state index in [1.807, 2.05) is 52.0 Å². The van der Waals surface area contributed by atoms with Gasteiger partial charge >= 0.3 is 0 Å². The van der Waals surface area contributed by atoms with E-state index in [0.29, 0.717) is 22.0 Å². The van der Waals surface area contributed by atoms with Crippen molar-refractivity contribution in [3.63, 3.8) is 0 Å². The molecule has 4 rings (SSSR count). The fourth-order valence-corrected chi connectivity index (χ4v) is 6.55. The Morgan fingerprint density at radius 3 is 2.39 bits per heavy atom. The molecule has 2 heterocycles. The highest BCUT2D eigenvalue weighted by molar-refractivity contribution is 7.99. The van der Waals surface area contributed by atoms with E-state index in [1.54, 1.807) is 23.0 Å². The number of thiophene rings is 1. The number of nitrogens with zero attached hydrogens (tertiary/aromatic N) is 2. The minimum atomic E-state index is -0.139. The number of anilines is 1. The molecular weight excluding hydrogens is 490 g/mol. The molecule has 0 aliphatic rings. The van der Waals surface area contributed by atoms with Gasteiger partial charge in [0.15, 0.2) is 5.16 Å². The minimum absolute atomic E-state index is 0.116. The third kappa shape index (κ3) is 5.20. The van der Waals surface area contributed by atoms with Crippen molar-refractivity contribution < 1.29 is 9.53 Å². The maximum absolute atomic E-state index is 13.8. The number of benzene rings is 2. The average Bonchev–Trinajstić information content (AvgIpc) is 3.15. The molecule has 0 spiro atoms. The van der Waals surface area contributed by atoms with Crippen LogP contribution in [0.15, 0.2) is 46.3 Å². The molecule has 1 N–H and O–H groups in total. The molecule has 188 valence electrons. The quantitative estimate of drug-likeness (QED) is 0.215. The van der Waals surface area contributed by atoms with Gasteiger partial charge in [-0.25, -0.2) is 4.98 Å². The Labute approximate surface area is 219 Å². The monoisotopic (exact) mass is 521 g/mol. The van der Waals surface area contributed by atoms with Crippen LogP contribution < -0.4 is 15.6 Å². The summed E-state index contributed by atoms with van der Waals surface area (Å²) in [6, 6.07) is 11.4. The van der Waals surface area contributed by atoms with Crippen molar-refractivity contribution in [2.75, 3.05) is 18.2 Å². The van der Waals surface area contributed by atoms with E-state index >= 15 is 0 Å². The summed E-state index contributed by atoms with van der Waals surface area (Å²) in [7, 11) is 1.61. The second kappa shape index (κ2) is 10.9. The number of carbonyl (C=O) groups excluding carboxylic acids is 1. The predicted molar refractivity (Wildman–Crippen MR) is 151 cm³/mol. The predicted octanol–water partition coefficient (Wildman–Crippen LogP) is 6.37. The number of hydrogen-bond donors (Lipinski definition) is 1. The van der Waals surface area contributed by atoms with E-state index < -0.39 is 0 Å². The van der Waals surface area contributed by atoms with Gasteiger partial charge in [-0.05, 0) is 75.1 Å². The highest BCUT2D eigenvalue weighted by atomic mass is 32.2. The number of aromatic nitrogens is 2. The van der Waals surface area contributed by atoms with Crippen molar-refractivity contribution in [1.82, 2.24) is 9.55 Å². The van der Waals surface area contributed by atoms with Crippen molar-refractivity contribution >= 4 is 44.9 Å². The zero-order valence-corrected chi connectivity index (χ0v) is 23.2. The average molecular weight is 522 g/mol. The smallest absolute Gasteiger partial charge is 0.267 e. The molecule has 0 saturated carbocycles. The van der Waals surface area contributed by atoms with E-state index in [1.165, 1.54) is 16.6 Å². The van der Waals surface area contributed by atoms with Crippen LogP contribution in [0.3, 0.4) is 0 Å². The van der Waals surface area contributed by atoms with Gasteiger partial charge in [0.25, 0.3) is 5.56 Å². The lowest BCUT2D eigenvalue weighted by molar-refractivity contribution is -0.113. The van der Waals surface area contributed by atoms with E-state index in [2.05, 4.69) is 24.4 Å². The van der Waals surface area contributed by atoms with Crippen molar-refractivity contribution in [2.45, 2.75) is 52.6 Å². The summed E-state index contributed by atoms with van der Waals surface area (Å²) in [5.41, 5.74) is 5.61. The summed E-state index contributed by atoms with van der Waals surface area (Å²) in [6.07, 6.45) is 1.91. The van der Waals surface area contributed by atoms with Gasteiger partial charge in [-0.1, -0.05) is 42.8 Å². The first-order valence-electron chi connectivity index (χ1n) is 11.9. The van der Waals surface area contributed by atoms with Crippen LogP contribution in [0.4, 0.5) is 5.69 Å². The molecule has 8 heteroatoms. The fraction of sp³-hybridized carbons (Fsp3) is 0.321. The highest BCUT2D eigenvalue weighted by Gasteiger charge is 2.20. The third-order valence-corrected chi connectivity index (χ3v) is 8.30. The van der Waals surface area contributed by atoms with Crippen LogP contribution in [0, 0.1) is 27.7 Å². The Balaban J connectivity index is 1.72. The SMILES string of the molecule is CCCc1sc2nc(SCC(=O)Nc3c(C)cc(C)cc3C)n(-c3ccc(OC)cc3)c(=O)c2c1C. The molecular formula is C28H31N3O3S2. The minimum Gasteiger partial charge on any atom is -0.497 e. The lowest BCUT2D eigenvalue weighted by atomic mass is 10.1. The van der Waals surface area contributed by atoms with E-state index in [9.17, 15) is 9.59 Å². The first-order valence-corrected chi connectivity index (χ1v) is 13.7. The lowest BCUT2D eigenvalue weighted by Gasteiger charge is -2.14. The van der Waals surface area contributed by atoms with Crippen LogP contribution in [-0.4, -0.2) is 28.3 Å². The molecule has 4 aromatic rings. The van der Waals surface area contributed by atoms with Gasteiger partial charge in [0.1, 0.15) is 10.6 Å². The fourth-order valence-electron chi connectivity index (χ4n) is 4.41. The Hall–Kier alpha value is -3.10. The van der Waals surface area contributed by atoms with Crippen molar-refractivity contribution in [3.8, 4) is 11.4 Å². The molecule has 0 aliphatic heterocycles. The van der Waals surface area contributed by atoms with Crippen LogP contribution in [0.25, 0.3) is 15.9 Å². The number of ether oxygens (including phenoxy) is 1. The third-order valence-electron chi connectivity index (χ3n) is 6.11. The van der Waals surface area contributed by atoms with E-state index in [4.69, 9.17) is 9.72 Å². The molecule has 6 nitrogen and oxygen atoms in total. The number of carbonyl (C=O) groups is 1. The molecule has 0 saturated heterocycles. The molecule has 0 fully saturated rings. The number of thioether (sulfide) groups is 1. The first kappa shape index (κ1) is 26.0. The van der Waals surface area contributed by atoms with Gasteiger partial charge in [-0.3, -0.25) is 14.2 Å². The maximum Gasteiger partial charge on any atom is 0.267 e. The van der Waals surface area contributed by atoms with Gasteiger partial charge in [0, 0.05) is 10.6 Å². The summed E-state index contributed by atoms with van der Waals surface area (Å²) < 4.78 is 6.90. The Kier molecular flexibility index (Phi) is 7.85. The van der Waals surface area contributed by atoms with Crippen LogP contribution in [0.5, 0.6) is 5.75 Å². The first-order chi connectivity index (χ1) is 17.2. The van der Waals surface area contributed by atoms with Crippen molar-refractivity contribution in [2.24, 2.45) is 0 Å². The normalized spacial score (nSPS) is 11.2. The second-order valence-electron chi connectivity index (χ2n) is 8.92. The van der Waals surface area contributed by atoms with E-state index in [0.717, 1.165) is 45.6 Å². The molecule has 0 aliphatic carbocycles.